The van der Waals surface area contributed by atoms with E-state index in [9.17, 15) is 0 Å². The van der Waals surface area contributed by atoms with Crippen LogP contribution in [0.1, 0.15) is 0 Å². The van der Waals surface area contributed by atoms with Crippen molar-refractivity contribution in [3.63, 3.8) is 0 Å². The van der Waals surface area contributed by atoms with E-state index in [-0.39, 0.29) is 0 Å². The average Bonchev–Trinajstić information content (AvgIpc) is 2.85. The molecule has 0 amide bonds. The van der Waals surface area contributed by atoms with Crippen LogP contribution in [-0.4, -0.2) is 0 Å². The molecule has 0 aliphatic rings. The summed E-state index contributed by atoms with van der Waals surface area (Å²) in [4.78, 5) is 0. The Morgan fingerprint density at radius 3 is 1.00 bits per heavy atom. The molecule has 1 nitrogen and oxygen atoms in total. The van der Waals surface area contributed by atoms with Crippen molar-refractivity contribution in [3.05, 3.63) is 127 Å². The molecule has 1 heterocycles. The van der Waals surface area contributed by atoms with Crippen LogP contribution in [0.25, 0.3) is 44.9 Å². The lowest BCUT2D eigenvalue weighted by Gasteiger charge is -2.02. The van der Waals surface area contributed by atoms with Crippen molar-refractivity contribution < 1.29 is 4.42 Å². The topological polar surface area (TPSA) is 11.3 Å². The molecule has 0 aliphatic carbocycles. The Morgan fingerprint density at radius 1 is 0.267 bits per heavy atom. The molecule has 142 valence electrons. The molecule has 0 unspecified atom stereocenters. The van der Waals surface area contributed by atoms with Crippen LogP contribution in [0.2, 0.25) is 0 Å². The summed E-state index contributed by atoms with van der Waals surface area (Å²) in [6.45, 7) is 0. The minimum Gasteiger partial charge on any atom is -0.207 e. The highest BCUT2D eigenvalue weighted by Gasteiger charge is 2.17. The van der Waals surface area contributed by atoms with Crippen LogP contribution >= 0.6 is 0 Å². The minimum atomic E-state index is 0.860. The van der Waals surface area contributed by atoms with E-state index in [4.69, 9.17) is 4.42 Å². The molecule has 0 fully saturated rings. The second-order valence-electron chi connectivity index (χ2n) is 7.24. The van der Waals surface area contributed by atoms with Gasteiger partial charge in [0, 0.05) is 12.1 Å². The molecule has 0 atom stereocenters. The van der Waals surface area contributed by atoms with Crippen LogP contribution in [0.3, 0.4) is 0 Å². The second-order valence-corrected chi connectivity index (χ2v) is 7.24. The Kier molecular flexibility index (Phi) is 4.93. The summed E-state index contributed by atoms with van der Waals surface area (Å²) in [5.74, 6) is 1.72. The van der Waals surface area contributed by atoms with Crippen molar-refractivity contribution in [2.45, 2.75) is 0 Å². The lowest BCUT2D eigenvalue weighted by atomic mass is 10.0. The van der Waals surface area contributed by atoms with Crippen LogP contribution in [0.4, 0.5) is 0 Å². The van der Waals surface area contributed by atoms with E-state index < -0.39 is 0 Å². The average molecular weight is 385 g/mol. The third-order valence-electron chi connectivity index (χ3n) is 5.27. The van der Waals surface area contributed by atoms with Gasteiger partial charge in [-0.2, -0.15) is 0 Å². The molecule has 4 aromatic carbocycles. The Labute approximate surface area is 176 Å². The van der Waals surface area contributed by atoms with Gasteiger partial charge in [0.05, 0.1) is 11.1 Å². The van der Waals surface area contributed by atoms with Crippen molar-refractivity contribution in [1.82, 2.24) is 0 Å². The molecular weight excluding hydrogens is 364 g/mol. The zero-order chi connectivity index (χ0) is 20.2. The van der Waals surface area contributed by atoms with Gasteiger partial charge in [0.2, 0.25) is 0 Å². The van der Waals surface area contributed by atoms with Crippen LogP contribution in [0, 0.1) is 0 Å². The quantitative estimate of drug-likeness (QED) is 0.284. The van der Waals surface area contributed by atoms with E-state index in [1.807, 2.05) is 30.3 Å². The van der Waals surface area contributed by atoms with E-state index in [0.29, 0.717) is 0 Å². The summed E-state index contributed by atoms with van der Waals surface area (Å²) >= 11 is 0. The lowest BCUT2D eigenvalue weighted by molar-refractivity contribution is 0.582. The van der Waals surface area contributed by atoms with Gasteiger partial charge in [-0.25, -0.2) is 4.42 Å². The number of hydrogen-bond donors (Lipinski definition) is 0. The first-order valence-electron chi connectivity index (χ1n) is 10.1. The van der Waals surface area contributed by atoms with Gasteiger partial charge in [-0.15, -0.1) is 0 Å². The standard InChI is InChI=1S/C29H21O/c1-3-8-22(9-4-1)24-14-18-26(19-15-24)28-12-7-13-29(30-28)27-20-16-25(17-21-27)23-10-5-2-6-11-23/h1-21H/q+1. The van der Waals surface area contributed by atoms with Gasteiger partial charge in [0.25, 0.3) is 0 Å². The molecule has 5 rings (SSSR count). The smallest absolute Gasteiger partial charge is 0.207 e. The fourth-order valence-electron chi connectivity index (χ4n) is 3.63. The van der Waals surface area contributed by atoms with Crippen LogP contribution in [0.15, 0.2) is 132 Å². The Bertz CT molecular complexity index is 1140. The molecule has 1 aromatic heterocycles. The van der Waals surface area contributed by atoms with E-state index in [2.05, 4.69) is 97.1 Å². The molecule has 30 heavy (non-hydrogen) atoms. The first-order valence-corrected chi connectivity index (χ1v) is 10.1. The highest BCUT2D eigenvalue weighted by molar-refractivity contribution is 5.71. The number of rotatable bonds is 4. The molecule has 0 N–H and O–H groups in total. The maximum Gasteiger partial charge on any atom is 0.360 e. The fraction of sp³-hybridized carbons (Fsp3) is 0. The SMILES string of the molecule is c1ccc(-c2ccc(-c3cccc(-c4ccc(-c5ccccc5)cc4)[o+]3)cc2)cc1. The summed E-state index contributed by atoms with van der Waals surface area (Å²) in [6.07, 6.45) is 0. The summed E-state index contributed by atoms with van der Waals surface area (Å²) in [5.41, 5.74) is 6.97. The van der Waals surface area contributed by atoms with Crippen LogP contribution in [0.5, 0.6) is 0 Å². The predicted molar refractivity (Wildman–Crippen MR) is 125 cm³/mol. The highest BCUT2D eigenvalue weighted by atomic mass is 16.3. The maximum atomic E-state index is 6.24. The van der Waals surface area contributed by atoms with Crippen molar-refractivity contribution in [1.29, 1.82) is 0 Å². The van der Waals surface area contributed by atoms with E-state index in [0.717, 1.165) is 22.6 Å². The molecular formula is C29H21O+. The Balaban J connectivity index is 1.42. The van der Waals surface area contributed by atoms with Crippen molar-refractivity contribution in [2.75, 3.05) is 0 Å². The molecule has 0 spiro atoms. The second kappa shape index (κ2) is 8.18. The van der Waals surface area contributed by atoms with Gasteiger partial charge in [-0.3, -0.25) is 0 Å². The van der Waals surface area contributed by atoms with Crippen molar-refractivity contribution >= 4 is 0 Å². The Hall–Kier alpha value is -3.97. The summed E-state index contributed by atoms with van der Waals surface area (Å²) in [7, 11) is 0. The lowest BCUT2D eigenvalue weighted by Crippen LogP contribution is -1.83. The Morgan fingerprint density at radius 2 is 0.600 bits per heavy atom. The zero-order valence-corrected chi connectivity index (χ0v) is 16.5. The van der Waals surface area contributed by atoms with E-state index >= 15 is 0 Å². The normalized spacial score (nSPS) is 10.7. The van der Waals surface area contributed by atoms with Gasteiger partial charge >= 0.3 is 11.5 Å². The zero-order valence-electron chi connectivity index (χ0n) is 16.5. The third kappa shape index (κ3) is 3.78. The molecule has 1 heteroatoms. The molecule has 0 saturated heterocycles. The minimum absolute atomic E-state index is 0.860. The molecule has 0 aliphatic heterocycles. The first kappa shape index (κ1) is 18.1. The largest absolute Gasteiger partial charge is 0.360 e. The summed E-state index contributed by atoms with van der Waals surface area (Å²) < 4.78 is 6.24. The molecule has 0 saturated carbocycles. The van der Waals surface area contributed by atoms with Crippen molar-refractivity contribution in [2.24, 2.45) is 0 Å². The van der Waals surface area contributed by atoms with Crippen LogP contribution < -0.4 is 0 Å². The fourth-order valence-corrected chi connectivity index (χ4v) is 3.63. The molecule has 0 bridgehead atoms. The van der Waals surface area contributed by atoms with Gasteiger partial charge in [0.15, 0.2) is 0 Å². The summed E-state index contributed by atoms with van der Waals surface area (Å²) in [6, 6.07) is 43.9. The maximum absolute atomic E-state index is 6.24. The monoisotopic (exact) mass is 385 g/mol. The van der Waals surface area contributed by atoms with Gasteiger partial charge < -0.3 is 0 Å². The van der Waals surface area contributed by atoms with Gasteiger partial charge in [0.1, 0.15) is 0 Å². The predicted octanol–water partition coefficient (Wildman–Crippen LogP) is 8.23. The molecule has 0 radical (unpaired) electrons. The van der Waals surface area contributed by atoms with E-state index in [1.54, 1.807) is 0 Å². The first-order chi connectivity index (χ1) is 14.9. The van der Waals surface area contributed by atoms with Crippen LogP contribution in [-0.2, 0) is 0 Å². The third-order valence-corrected chi connectivity index (χ3v) is 5.27. The number of benzene rings is 4. The van der Waals surface area contributed by atoms with Gasteiger partial charge in [-0.05, 0) is 52.6 Å². The summed E-state index contributed by atoms with van der Waals surface area (Å²) in [5, 5.41) is 0. The highest BCUT2D eigenvalue weighted by Crippen LogP contribution is 2.30. The molecule has 5 aromatic rings. The number of hydrogen-bond acceptors (Lipinski definition) is 0. The van der Waals surface area contributed by atoms with Gasteiger partial charge in [-0.1, -0.05) is 84.9 Å². The van der Waals surface area contributed by atoms with Crippen molar-refractivity contribution in [3.8, 4) is 44.9 Å². The van der Waals surface area contributed by atoms with E-state index in [1.165, 1.54) is 22.3 Å².